The van der Waals surface area contributed by atoms with E-state index in [1.54, 1.807) is 18.4 Å². The quantitative estimate of drug-likeness (QED) is 0.393. The molecule has 0 radical (unpaired) electrons. The highest BCUT2D eigenvalue weighted by Gasteiger charge is 2.24. The molecule has 3 aromatic carbocycles. The van der Waals surface area contributed by atoms with Crippen molar-refractivity contribution >= 4 is 22.9 Å². The van der Waals surface area contributed by atoms with Crippen molar-refractivity contribution in [1.29, 1.82) is 0 Å². The van der Waals surface area contributed by atoms with Gasteiger partial charge in [0.25, 0.3) is 0 Å². The van der Waals surface area contributed by atoms with Gasteiger partial charge in [-0.15, -0.1) is 11.3 Å². The molecule has 4 nitrogen and oxygen atoms in total. The van der Waals surface area contributed by atoms with E-state index >= 15 is 0 Å². The number of nitrogens with two attached hydrogens (primary N) is 1. The standard InChI is InChI=1S/C27H27N3OS/c1-29-27(31)25(21-7-4-3-5-8-21)30(2)18-19-11-13-20(14-12-19)22-9-6-10-23(17-22)26-24(28)15-16-32-26/h3-17,25H,18,28H2,1-2H3,(H,29,31). The summed E-state index contributed by atoms with van der Waals surface area (Å²) in [6, 6.07) is 28.5. The SMILES string of the molecule is CNC(=O)C(c1ccccc1)N(C)Cc1ccc(-c2cccc(-c3sccc3N)c2)cc1. The van der Waals surface area contributed by atoms with Crippen LogP contribution >= 0.6 is 11.3 Å². The van der Waals surface area contributed by atoms with E-state index in [-0.39, 0.29) is 11.9 Å². The fraction of sp³-hybridized carbons (Fsp3) is 0.148. The molecular formula is C27H27N3OS. The summed E-state index contributed by atoms with van der Waals surface area (Å²) in [6.45, 7) is 0.666. The van der Waals surface area contributed by atoms with Crippen molar-refractivity contribution in [3.63, 3.8) is 0 Å². The van der Waals surface area contributed by atoms with Crippen LogP contribution in [0.4, 0.5) is 5.69 Å². The third kappa shape index (κ3) is 4.74. The Morgan fingerprint density at radius 1 is 0.938 bits per heavy atom. The maximum absolute atomic E-state index is 12.6. The largest absolute Gasteiger partial charge is 0.398 e. The molecular weight excluding hydrogens is 414 g/mol. The molecule has 5 heteroatoms. The number of likely N-dealkylation sites (N-methyl/N-ethyl adjacent to an activating group) is 2. The molecule has 32 heavy (non-hydrogen) atoms. The molecule has 1 aromatic heterocycles. The molecule has 0 fully saturated rings. The Morgan fingerprint density at radius 2 is 1.66 bits per heavy atom. The normalized spacial score (nSPS) is 12.0. The summed E-state index contributed by atoms with van der Waals surface area (Å²) in [4.78, 5) is 15.8. The maximum Gasteiger partial charge on any atom is 0.241 e. The molecule has 0 aliphatic heterocycles. The minimum atomic E-state index is -0.339. The number of hydrogen-bond acceptors (Lipinski definition) is 4. The summed E-state index contributed by atoms with van der Waals surface area (Å²) in [5, 5.41) is 4.81. The van der Waals surface area contributed by atoms with E-state index in [0.29, 0.717) is 6.54 Å². The van der Waals surface area contributed by atoms with Crippen molar-refractivity contribution in [2.45, 2.75) is 12.6 Å². The Kier molecular flexibility index (Phi) is 6.69. The summed E-state index contributed by atoms with van der Waals surface area (Å²) < 4.78 is 0. The third-order valence-electron chi connectivity index (χ3n) is 5.59. The van der Waals surface area contributed by atoms with Crippen LogP contribution in [-0.2, 0) is 11.3 Å². The van der Waals surface area contributed by atoms with Gasteiger partial charge < -0.3 is 11.1 Å². The molecule has 0 spiro atoms. The topological polar surface area (TPSA) is 58.4 Å². The van der Waals surface area contributed by atoms with E-state index in [0.717, 1.165) is 38.4 Å². The van der Waals surface area contributed by atoms with Crippen molar-refractivity contribution < 1.29 is 4.79 Å². The zero-order valence-corrected chi connectivity index (χ0v) is 19.1. The Bertz CT molecular complexity index is 1190. The summed E-state index contributed by atoms with van der Waals surface area (Å²) >= 11 is 1.66. The van der Waals surface area contributed by atoms with E-state index in [9.17, 15) is 4.79 Å². The van der Waals surface area contributed by atoms with Gasteiger partial charge in [0.05, 0.1) is 10.6 Å². The van der Waals surface area contributed by atoms with Gasteiger partial charge in [-0.25, -0.2) is 0 Å². The first kappa shape index (κ1) is 21.8. The number of carbonyl (C=O) groups is 1. The van der Waals surface area contributed by atoms with Crippen molar-refractivity contribution in [1.82, 2.24) is 10.2 Å². The molecule has 0 aliphatic carbocycles. The average Bonchev–Trinajstić information content (AvgIpc) is 3.26. The van der Waals surface area contributed by atoms with Crippen molar-refractivity contribution in [3.05, 3.63) is 101 Å². The minimum Gasteiger partial charge on any atom is -0.398 e. The molecule has 162 valence electrons. The summed E-state index contributed by atoms with van der Waals surface area (Å²) in [6.07, 6.45) is 0. The van der Waals surface area contributed by atoms with Gasteiger partial charge in [-0.1, -0.05) is 72.8 Å². The zero-order chi connectivity index (χ0) is 22.5. The highest BCUT2D eigenvalue weighted by Crippen LogP contribution is 2.34. The Labute approximate surface area is 193 Å². The Morgan fingerprint density at radius 3 is 2.31 bits per heavy atom. The second-order valence-corrected chi connectivity index (χ2v) is 8.74. The summed E-state index contributed by atoms with van der Waals surface area (Å²) in [5.41, 5.74) is 12.5. The molecule has 0 saturated heterocycles. The molecule has 0 saturated carbocycles. The number of benzene rings is 3. The summed E-state index contributed by atoms with van der Waals surface area (Å²) in [7, 11) is 3.66. The lowest BCUT2D eigenvalue weighted by Gasteiger charge is -2.27. The van der Waals surface area contributed by atoms with Gasteiger partial charge in [-0.05, 0) is 52.4 Å². The number of thiophene rings is 1. The number of nitrogens with one attached hydrogen (secondary N) is 1. The molecule has 3 N–H and O–H groups in total. The van der Waals surface area contributed by atoms with Gasteiger partial charge in [0.1, 0.15) is 6.04 Å². The van der Waals surface area contributed by atoms with E-state index < -0.39 is 0 Å². The number of anilines is 1. The number of rotatable bonds is 7. The fourth-order valence-electron chi connectivity index (χ4n) is 3.95. The lowest BCUT2D eigenvalue weighted by atomic mass is 10.00. The van der Waals surface area contributed by atoms with Crippen LogP contribution in [-0.4, -0.2) is 24.9 Å². The zero-order valence-electron chi connectivity index (χ0n) is 18.3. The number of nitrogen functional groups attached to an aromatic ring is 1. The first-order valence-electron chi connectivity index (χ1n) is 10.6. The van der Waals surface area contributed by atoms with E-state index in [1.165, 1.54) is 0 Å². The van der Waals surface area contributed by atoms with Crippen LogP contribution in [0.1, 0.15) is 17.2 Å². The number of amides is 1. The van der Waals surface area contributed by atoms with E-state index in [2.05, 4.69) is 58.7 Å². The predicted molar refractivity (Wildman–Crippen MR) is 134 cm³/mol. The first-order valence-corrected chi connectivity index (χ1v) is 11.4. The maximum atomic E-state index is 12.6. The fourth-order valence-corrected chi connectivity index (χ4v) is 4.77. The van der Waals surface area contributed by atoms with Crippen LogP contribution in [0.3, 0.4) is 0 Å². The van der Waals surface area contributed by atoms with Crippen molar-refractivity contribution in [2.75, 3.05) is 19.8 Å². The number of carbonyl (C=O) groups excluding carboxylic acids is 1. The highest BCUT2D eigenvalue weighted by atomic mass is 32.1. The minimum absolute atomic E-state index is 0.0139. The molecule has 1 heterocycles. The predicted octanol–water partition coefficient (Wildman–Crippen LogP) is 5.58. The van der Waals surface area contributed by atoms with Gasteiger partial charge >= 0.3 is 0 Å². The Hall–Kier alpha value is -3.41. The van der Waals surface area contributed by atoms with Crippen molar-refractivity contribution in [3.8, 4) is 21.6 Å². The van der Waals surface area contributed by atoms with Crippen LogP contribution in [0, 0.1) is 0 Å². The van der Waals surface area contributed by atoms with Crippen LogP contribution in [0.5, 0.6) is 0 Å². The number of nitrogens with zero attached hydrogens (tertiary/aromatic N) is 1. The van der Waals surface area contributed by atoms with Crippen molar-refractivity contribution in [2.24, 2.45) is 0 Å². The summed E-state index contributed by atoms with van der Waals surface area (Å²) in [5.74, 6) is -0.0139. The smallest absolute Gasteiger partial charge is 0.241 e. The van der Waals surface area contributed by atoms with Crippen LogP contribution < -0.4 is 11.1 Å². The lowest BCUT2D eigenvalue weighted by molar-refractivity contribution is -0.125. The first-order chi connectivity index (χ1) is 15.6. The average molecular weight is 442 g/mol. The molecule has 1 amide bonds. The lowest BCUT2D eigenvalue weighted by Crippen LogP contribution is -2.36. The van der Waals surface area contributed by atoms with Gasteiger partial charge in [0.2, 0.25) is 5.91 Å². The molecule has 1 unspecified atom stereocenters. The molecule has 4 rings (SSSR count). The molecule has 0 aliphatic rings. The monoisotopic (exact) mass is 441 g/mol. The van der Waals surface area contributed by atoms with Gasteiger partial charge in [0.15, 0.2) is 0 Å². The van der Waals surface area contributed by atoms with Crippen LogP contribution in [0.25, 0.3) is 21.6 Å². The third-order valence-corrected chi connectivity index (χ3v) is 6.57. The van der Waals surface area contributed by atoms with Crippen LogP contribution in [0.15, 0.2) is 90.3 Å². The Balaban J connectivity index is 1.53. The molecule has 4 aromatic rings. The molecule has 0 bridgehead atoms. The number of hydrogen-bond donors (Lipinski definition) is 2. The second-order valence-electron chi connectivity index (χ2n) is 7.83. The van der Waals surface area contributed by atoms with E-state index in [4.69, 9.17) is 5.73 Å². The molecule has 1 atom stereocenters. The van der Waals surface area contributed by atoms with E-state index in [1.807, 2.05) is 48.8 Å². The van der Waals surface area contributed by atoms with Gasteiger partial charge in [0, 0.05) is 13.6 Å². The van der Waals surface area contributed by atoms with Gasteiger partial charge in [-0.2, -0.15) is 0 Å². The van der Waals surface area contributed by atoms with Gasteiger partial charge in [-0.3, -0.25) is 9.69 Å². The van der Waals surface area contributed by atoms with Crippen LogP contribution in [0.2, 0.25) is 0 Å². The highest BCUT2D eigenvalue weighted by molar-refractivity contribution is 7.14. The second kappa shape index (κ2) is 9.81.